The molecule has 34 heavy (non-hydrogen) atoms. The van der Waals surface area contributed by atoms with Crippen LogP contribution >= 0.6 is 11.8 Å². The topological polar surface area (TPSA) is 104 Å². The van der Waals surface area contributed by atoms with Crippen molar-refractivity contribution in [1.82, 2.24) is 25.1 Å². The molecular formula is C23H30N6O4S. The fourth-order valence-corrected chi connectivity index (χ4v) is 4.42. The van der Waals surface area contributed by atoms with Gasteiger partial charge >= 0.3 is 0 Å². The third-order valence-electron chi connectivity index (χ3n) is 5.36. The van der Waals surface area contributed by atoms with Gasteiger partial charge in [-0.25, -0.2) is 14.6 Å². The van der Waals surface area contributed by atoms with E-state index in [4.69, 9.17) is 24.2 Å². The van der Waals surface area contributed by atoms with Crippen molar-refractivity contribution in [3.05, 3.63) is 30.0 Å². The van der Waals surface area contributed by atoms with E-state index in [9.17, 15) is 4.79 Å². The summed E-state index contributed by atoms with van der Waals surface area (Å²) in [6.45, 7) is 8.03. The minimum atomic E-state index is -0.197. The van der Waals surface area contributed by atoms with E-state index in [1.807, 2.05) is 4.68 Å². The fraction of sp³-hybridized carbons (Fsp3) is 0.478. The number of hydrogen-bond acceptors (Lipinski definition) is 9. The molecule has 1 aliphatic heterocycles. The number of aromatic nitrogens is 4. The number of amides is 1. The lowest BCUT2D eigenvalue weighted by Crippen LogP contribution is -2.37. The highest BCUT2D eigenvalue weighted by atomic mass is 32.2. The van der Waals surface area contributed by atoms with E-state index in [2.05, 4.69) is 29.2 Å². The summed E-state index contributed by atoms with van der Waals surface area (Å²) in [6.07, 6.45) is 1.81. The average molecular weight is 487 g/mol. The van der Waals surface area contributed by atoms with Crippen LogP contribution in [0, 0.1) is 0 Å². The highest BCUT2D eigenvalue weighted by molar-refractivity contribution is 7.99. The lowest BCUT2D eigenvalue weighted by atomic mass is 10.2. The van der Waals surface area contributed by atoms with Crippen molar-refractivity contribution in [2.24, 2.45) is 0 Å². The number of carbonyl (C=O) groups excluding carboxylic acids is 1. The molecule has 182 valence electrons. The molecule has 3 heterocycles. The summed E-state index contributed by atoms with van der Waals surface area (Å²) >= 11 is 1.62. The van der Waals surface area contributed by atoms with Gasteiger partial charge in [-0.1, -0.05) is 25.6 Å². The van der Waals surface area contributed by atoms with E-state index in [1.54, 1.807) is 50.4 Å². The Balaban J connectivity index is 1.51. The maximum atomic E-state index is 12.7. The van der Waals surface area contributed by atoms with Crippen LogP contribution in [0.15, 0.2) is 29.6 Å². The highest BCUT2D eigenvalue weighted by Crippen LogP contribution is 2.29. The number of ether oxygens (including phenoxy) is 3. The van der Waals surface area contributed by atoms with Gasteiger partial charge in [-0.2, -0.15) is 5.10 Å². The normalized spacial score (nSPS) is 14.0. The maximum absolute atomic E-state index is 12.7. The van der Waals surface area contributed by atoms with E-state index in [-0.39, 0.29) is 5.91 Å². The number of rotatable bonds is 9. The molecule has 0 aliphatic carbocycles. The van der Waals surface area contributed by atoms with Crippen LogP contribution in [0.4, 0.5) is 5.82 Å². The van der Waals surface area contributed by atoms with Gasteiger partial charge in [0.05, 0.1) is 45.6 Å². The zero-order chi connectivity index (χ0) is 24.1. The number of carbonyl (C=O) groups is 1. The number of nitrogens with one attached hydrogen (secondary N) is 1. The maximum Gasteiger partial charge on any atom is 0.251 e. The lowest BCUT2D eigenvalue weighted by Gasteiger charge is -2.28. The third kappa shape index (κ3) is 5.36. The molecule has 0 saturated carbocycles. The second-order valence-electron chi connectivity index (χ2n) is 8.03. The first-order valence-electron chi connectivity index (χ1n) is 11.2. The molecule has 10 nitrogen and oxygen atoms in total. The molecule has 3 aromatic rings. The van der Waals surface area contributed by atoms with Gasteiger partial charge in [-0.15, -0.1) is 0 Å². The van der Waals surface area contributed by atoms with E-state index in [1.165, 1.54) is 0 Å². The van der Waals surface area contributed by atoms with Gasteiger partial charge in [0.1, 0.15) is 5.82 Å². The van der Waals surface area contributed by atoms with Gasteiger partial charge in [0.25, 0.3) is 5.91 Å². The third-order valence-corrected chi connectivity index (χ3v) is 6.23. The Morgan fingerprint density at radius 2 is 1.94 bits per heavy atom. The molecule has 0 unspecified atom stereocenters. The molecule has 1 saturated heterocycles. The van der Waals surface area contributed by atoms with Gasteiger partial charge in [0.15, 0.2) is 22.3 Å². The number of benzene rings is 1. The van der Waals surface area contributed by atoms with Crippen LogP contribution < -0.4 is 19.7 Å². The molecule has 1 N–H and O–H groups in total. The van der Waals surface area contributed by atoms with Crippen molar-refractivity contribution in [3.8, 4) is 11.5 Å². The Labute approximate surface area is 203 Å². The summed E-state index contributed by atoms with van der Waals surface area (Å²) in [6, 6.07) is 5.08. The first-order chi connectivity index (χ1) is 16.5. The zero-order valence-corrected chi connectivity index (χ0v) is 20.7. The van der Waals surface area contributed by atoms with E-state index in [0.717, 1.165) is 35.1 Å². The predicted molar refractivity (Wildman–Crippen MR) is 131 cm³/mol. The summed E-state index contributed by atoms with van der Waals surface area (Å²) in [5, 5.41) is 9.47. The molecule has 1 fully saturated rings. The van der Waals surface area contributed by atoms with Crippen LogP contribution in [-0.4, -0.2) is 78.0 Å². The van der Waals surface area contributed by atoms with Crippen LogP contribution in [0.3, 0.4) is 0 Å². The van der Waals surface area contributed by atoms with Crippen LogP contribution in [0.5, 0.6) is 11.5 Å². The Morgan fingerprint density at radius 1 is 1.18 bits per heavy atom. The standard InChI is InChI=1S/C23H30N6O4S/c1-15(2)34-23-26-20(28-9-11-33-12-10-28)17-14-25-29(21(17)27-23)8-7-24-22(30)16-5-6-18(31-3)19(13-16)32-4/h5-6,13-15H,7-12H2,1-4H3,(H,24,30). The van der Waals surface area contributed by atoms with Crippen molar-refractivity contribution in [2.75, 3.05) is 52.0 Å². The predicted octanol–water partition coefficient (Wildman–Crippen LogP) is 2.61. The Bertz CT molecular complexity index is 1150. The summed E-state index contributed by atoms with van der Waals surface area (Å²) in [7, 11) is 3.10. The second-order valence-corrected chi connectivity index (χ2v) is 9.57. The number of anilines is 1. The minimum Gasteiger partial charge on any atom is -0.493 e. The zero-order valence-electron chi connectivity index (χ0n) is 19.9. The molecule has 0 atom stereocenters. The molecule has 1 aliphatic rings. The van der Waals surface area contributed by atoms with Gasteiger partial charge in [-0.05, 0) is 18.2 Å². The molecular weight excluding hydrogens is 456 g/mol. The quantitative estimate of drug-likeness (QED) is 0.361. The lowest BCUT2D eigenvalue weighted by molar-refractivity contribution is 0.0951. The molecule has 0 radical (unpaired) electrons. The van der Waals surface area contributed by atoms with E-state index in [0.29, 0.717) is 48.6 Å². The SMILES string of the molecule is COc1ccc(C(=O)NCCn2ncc3c(N4CCOCC4)nc(SC(C)C)nc32)cc1OC. The van der Waals surface area contributed by atoms with Crippen LogP contribution in [0.2, 0.25) is 0 Å². The first kappa shape index (κ1) is 24.1. The minimum absolute atomic E-state index is 0.197. The van der Waals surface area contributed by atoms with Crippen molar-refractivity contribution in [2.45, 2.75) is 30.8 Å². The summed E-state index contributed by atoms with van der Waals surface area (Å²) in [5.41, 5.74) is 1.26. The van der Waals surface area contributed by atoms with Crippen molar-refractivity contribution < 1.29 is 19.0 Å². The fourth-order valence-electron chi connectivity index (χ4n) is 3.72. The Hall–Kier alpha value is -3.05. The number of thioether (sulfide) groups is 1. The summed E-state index contributed by atoms with van der Waals surface area (Å²) in [4.78, 5) is 24.5. The average Bonchev–Trinajstić information content (AvgIpc) is 3.25. The van der Waals surface area contributed by atoms with Gasteiger partial charge < -0.3 is 24.4 Å². The van der Waals surface area contributed by atoms with E-state index >= 15 is 0 Å². The Morgan fingerprint density at radius 3 is 2.65 bits per heavy atom. The first-order valence-corrected chi connectivity index (χ1v) is 12.1. The highest BCUT2D eigenvalue weighted by Gasteiger charge is 2.21. The summed E-state index contributed by atoms with van der Waals surface area (Å²) < 4.78 is 17.9. The van der Waals surface area contributed by atoms with Crippen LogP contribution in [0.1, 0.15) is 24.2 Å². The van der Waals surface area contributed by atoms with Crippen molar-refractivity contribution >= 4 is 34.5 Å². The number of methoxy groups -OCH3 is 2. The van der Waals surface area contributed by atoms with Gasteiger partial charge in [0, 0.05) is 30.4 Å². The van der Waals surface area contributed by atoms with Crippen LogP contribution in [0.25, 0.3) is 11.0 Å². The Kier molecular flexibility index (Phi) is 7.73. The molecule has 11 heteroatoms. The summed E-state index contributed by atoms with van der Waals surface area (Å²) in [5.74, 6) is 1.78. The molecule has 1 aromatic carbocycles. The molecule has 4 rings (SSSR count). The van der Waals surface area contributed by atoms with Gasteiger partial charge in [0.2, 0.25) is 0 Å². The smallest absolute Gasteiger partial charge is 0.251 e. The molecule has 2 aromatic heterocycles. The van der Waals surface area contributed by atoms with Gasteiger partial charge in [-0.3, -0.25) is 4.79 Å². The monoisotopic (exact) mass is 486 g/mol. The van der Waals surface area contributed by atoms with Crippen molar-refractivity contribution in [1.29, 1.82) is 0 Å². The van der Waals surface area contributed by atoms with E-state index < -0.39 is 0 Å². The molecule has 0 bridgehead atoms. The number of nitrogens with zero attached hydrogens (tertiary/aromatic N) is 5. The number of hydrogen-bond donors (Lipinski definition) is 1. The second kappa shape index (κ2) is 10.9. The van der Waals surface area contributed by atoms with Crippen LogP contribution in [-0.2, 0) is 11.3 Å². The molecule has 0 spiro atoms. The number of morpholine rings is 1. The number of fused-ring (bicyclic) bond motifs is 1. The molecule has 1 amide bonds. The van der Waals surface area contributed by atoms with Crippen molar-refractivity contribution in [3.63, 3.8) is 0 Å². The largest absolute Gasteiger partial charge is 0.493 e.